The first-order valence-corrected chi connectivity index (χ1v) is 9.14. The van der Waals surface area contributed by atoms with Crippen LogP contribution in [0.1, 0.15) is 5.56 Å². The molecule has 0 fully saturated rings. The smallest absolute Gasteiger partial charge is 0.316 e. The zero-order valence-corrected chi connectivity index (χ0v) is 15.1. The molecule has 4 nitrogen and oxygen atoms in total. The largest absolute Gasteiger partial charge is 0.487 e. The predicted molar refractivity (Wildman–Crippen MR) is 100 cm³/mol. The molecule has 0 saturated heterocycles. The molecule has 134 valence electrons. The summed E-state index contributed by atoms with van der Waals surface area (Å²) in [6.45, 7) is 2.19. The van der Waals surface area contributed by atoms with Crippen LogP contribution in [0.5, 0.6) is 5.75 Å². The van der Waals surface area contributed by atoms with Crippen molar-refractivity contribution in [3.63, 3.8) is 0 Å². The number of esters is 1. The number of aromatic nitrogens is 1. The van der Waals surface area contributed by atoms with E-state index in [2.05, 4.69) is 4.98 Å². The fourth-order valence-electron chi connectivity index (χ4n) is 2.44. The highest BCUT2D eigenvalue weighted by Gasteiger charge is 2.08. The second-order valence-electron chi connectivity index (χ2n) is 5.58. The number of benzene rings is 2. The third-order valence-corrected chi connectivity index (χ3v) is 4.56. The van der Waals surface area contributed by atoms with Crippen LogP contribution < -0.4 is 4.74 Å². The molecule has 3 rings (SSSR count). The highest BCUT2D eigenvalue weighted by Crippen LogP contribution is 2.23. The Balaban J connectivity index is 1.45. The van der Waals surface area contributed by atoms with Crippen LogP contribution in [0.2, 0.25) is 0 Å². The molecule has 0 N–H and O–H groups in total. The maximum Gasteiger partial charge on any atom is 0.316 e. The number of hydrogen-bond acceptors (Lipinski definition) is 5. The molecule has 0 spiro atoms. The molecule has 0 aliphatic carbocycles. The van der Waals surface area contributed by atoms with Gasteiger partial charge in [-0.25, -0.2) is 9.37 Å². The average Bonchev–Trinajstić information content (AvgIpc) is 2.65. The van der Waals surface area contributed by atoms with E-state index in [1.54, 1.807) is 12.1 Å². The molecular formula is C20H18FNO3S. The van der Waals surface area contributed by atoms with Crippen LogP contribution in [0.25, 0.3) is 10.9 Å². The monoisotopic (exact) mass is 371 g/mol. The van der Waals surface area contributed by atoms with Crippen LogP contribution in [0, 0.1) is 12.7 Å². The van der Waals surface area contributed by atoms with Gasteiger partial charge in [0.1, 0.15) is 13.2 Å². The van der Waals surface area contributed by atoms with Gasteiger partial charge in [-0.15, -0.1) is 0 Å². The summed E-state index contributed by atoms with van der Waals surface area (Å²) >= 11 is 1.33. The molecule has 1 heterocycles. The van der Waals surface area contributed by atoms with Crippen molar-refractivity contribution in [2.45, 2.75) is 11.9 Å². The van der Waals surface area contributed by atoms with Crippen molar-refractivity contribution in [1.82, 2.24) is 4.98 Å². The third-order valence-electron chi connectivity index (χ3n) is 3.68. The minimum Gasteiger partial charge on any atom is -0.487 e. The number of halogens is 1. The number of thioether (sulfide) groups is 1. The number of carbonyl (C=O) groups excluding carboxylic acids is 1. The van der Waals surface area contributed by atoms with Crippen molar-refractivity contribution in [1.29, 1.82) is 0 Å². The lowest BCUT2D eigenvalue weighted by molar-refractivity contribution is -0.141. The van der Waals surface area contributed by atoms with E-state index in [0.29, 0.717) is 0 Å². The topological polar surface area (TPSA) is 48.4 Å². The maximum absolute atomic E-state index is 13.4. The number of pyridine rings is 1. The number of hydrogen-bond donors (Lipinski definition) is 0. The first-order valence-electron chi connectivity index (χ1n) is 8.15. The van der Waals surface area contributed by atoms with E-state index in [0.717, 1.165) is 21.5 Å². The standard InChI is InChI=1S/C20H18FNO3S/c1-14-12-19(22-17-8-4-2-6-15(14)17)26-13-20(23)25-11-10-24-18-9-5-3-7-16(18)21/h2-9,12H,10-11,13H2,1H3. The van der Waals surface area contributed by atoms with E-state index in [9.17, 15) is 9.18 Å². The predicted octanol–water partition coefficient (Wildman–Crippen LogP) is 4.40. The summed E-state index contributed by atoms with van der Waals surface area (Å²) in [6.07, 6.45) is 0. The van der Waals surface area contributed by atoms with E-state index in [-0.39, 0.29) is 30.7 Å². The van der Waals surface area contributed by atoms with Crippen LogP contribution in [-0.4, -0.2) is 29.9 Å². The number of ether oxygens (including phenoxy) is 2. The highest BCUT2D eigenvalue weighted by molar-refractivity contribution is 7.99. The fraction of sp³-hybridized carbons (Fsp3) is 0.200. The Labute approximate surface area is 155 Å². The van der Waals surface area contributed by atoms with Crippen LogP contribution in [-0.2, 0) is 9.53 Å². The van der Waals surface area contributed by atoms with Crippen molar-refractivity contribution in [3.05, 3.63) is 66.0 Å². The fourth-order valence-corrected chi connectivity index (χ4v) is 3.21. The molecule has 0 unspecified atom stereocenters. The van der Waals surface area contributed by atoms with Gasteiger partial charge in [-0.3, -0.25) is 4.79 Å². The maximum atomic E-state index is 13.4. The van der Waals surface area contributed by atoms with Gasteiger partial charge in [0.25, 0.3) is 0 Å². The molecule has 0 aliphatic rings. The Hall–Kier alpha value is -2.60. The Kier molecular flexibility index (Phi) is 6.07. The molecule has 6 heteroatoms. The first-order chi connectivity index (χ1) is 12.6. The van der Waals surface area contributed by atoms with Gasteiger partial charge in [0.05, 0.1) is 16.3 Å². The van der Waals surface area contributed by atoms with E-state index in [1.165, 1.54) is 23.9 Å². The van der Waals surface area contributed by atoms with Gasteiger partial charge in [0, 0.05) is 5.39 Å². The van der Waals surface area contributed by atoms with E-state index in [4.69, 9.17) is 9.47 Å². The zero-order chi connectivity index (χ0) is 18.4. The minimum absolute atomic E-state index is 0.0674. The van der Waals surface area contributed by atoms with Gasteiger partial charge >= 0.3 is 5.97 Å². The van der Waals surface area contributed by atoms with Gasteiger partial charge in [-0.2, -0.15) is 0 Å². The molecule has 2 aromatic carbocycles. The van der Waals surface area contributed by atoms with Crippen LogP contribution in [0.3, 0.4) is 0 Å². The van der Waals surface area contributed by atoms with Crippen molar-refractivity contribution in [2.24, 2.45) is 0 Å². The zero-order valence-electron chi connectivity index (χ0n) is 14.3. The molecular weight excluding hydrogens is 353 g/mol. The number of para-hydroxylation sites is 2. The molecule has 3 aromatic rings. The van der Waals surface area contributed by atoms with E-state index >= 15 is 0 Å². The second-order valence-corrected chi connectivity index (χ2v) is 6.58. The summed E-state index contributed by atoms with van der Waals surface area (Å²) in [7, 11) is 0. The minimum atomic E-state index is -0.438. The molecule has 26 heavy (non-hydrogen) atoms. The van der Waals surface area contributed by atoms with Crippen LogP contribution in [0.15, 0.2) is 59.6 Å². The van der Waals surface area contributed by atoms with Gasteiger partial charge in [0.2, 0.25) is 0 Å². The molecule has 1 aromatic heterocycles. The molecule has 0 atom stereocenters. The Morgan fingerprint density at radius 2 is 1.88 bits per heavy atom. The second kappa shape index (κ2) is 8.67. The lowest BCUT2D eigenvalue weighted by atomic mass is 10.1. The Morgan fingerprint density at radius 1 is 1.12 bits per heavy atom. The molecule has 0 radical (unpaired) electrons. The summed E-state index contributed by atoms with van der Waals surface area (Å²) in [5.74, 6) is -0.495. The number of carbonyl (C=O) groups is 1. The highest BCUT2D eigenvalue weighted by atomic mass is 32.2. The number of fused-ring (bicyclic) bond motifs is 1. The SMILES string of the molecule is Cc1cc(SCC(=O)OCCOc2ccccc2F)nc2ccccc12. The van der Waals surface area contributed by atoms with Crippen molar-refractivity contribution in [2.75, 3.05) is 19.0 Å². The van der Waals surface area contributed by atoms with Crippen molar-refractivity contribution in [3.8, 4) is 5.75 Å². The molecule has 0 bridgehead atoms. The van der Waals surface area contributed by atoms with Crippen molar-refractivity contribution < 1.29 is 18.7 Å². The van der Waals surface area contributed by atoms with Crippen LogP contribution >= 0.6 is 11.8 Å². The first kappa shape index (κ1) is 18.2. The Morgan fingerprint density at radius 3 is 2.73 bits per heavy atom. The number of rotatable bonds is 7. The summed E-state index contributed by atoms with van der Waals surface area (Å²) < 4.78 is 23.7. The number of nitrogens with zero attached hydrogens (tertiary/aromatic N) is 1. The average molecular weight is 371 g/mol. The lowest BCUT2D eigenvalue weighted by Gasteiger charge is -2.08. The Bertz CT molecular complexity index is 916. The lowest BCUT2D eigenvalue weighted by Crippen LogP contribution is -2.14. The molecule has 0 saturated carbocycles. The summed E-state index contributed by atoms with van der Waals surface area (Å²) in [6, 6.07) is 16.0. The van der Waals surface area contributed by atoms with Crippen LogP contribution in [0.4, 0.5) is 4.39 Å². The van der Waals surface area contributed by atoms with E-state index in [1.807, 2.05) is 37.3 Å². The summed E-state index contributed by atoms with van der Waals surface area (Å²) in [5.41, 5.74) is 2.02. The van der Waals surface area contributed by atoms with E-state index < -0.39 is 5.82 Å². The quantitative estimate of drug-likeness (QED) is 0.350. The summed E-state index contributed by atoms with van der Waals surface area (Å²) in [4.78, 5) is 16.4. The van der Waals surface area contributed by atoms with Crippen molar-refractivity contribution >= 4 is 28.6 Å². The van der Waals surface area contributed by atoms with Gasteiger partial charge in [-0.05, 0) is 36.8 Å². The molecule has 0 amide bonds. The van der Waals surface area contributed by atoms with Gasteiger partial charge in [0.15, 0.2) is 11.6 Å². The summed E-state index contributed by atoms with van der Waals surface area (Å²) in [5, 5.41) is 1.88. The normalized spacial score (nSPS) is 10.7. The van der Waals surface area contributed by atoms with Gasteiger partial charge in [-0.1, -0.05) is 42.1 Å². The third kappa shape index (κ3) is 4.73. The number of aryl methyl sites for hydroxylation is 1. The molecule has 0 aliphatic heterocycles. The van der Waals surface area contributed by atoms with Gasteiger partial charge < -0.3 is 9.47 Å².